The maximum atomic E-state index is 14.3. The van der Waals surface area contributed by atoms with E-state index in [4.69, 9.17) is 9.47 Å². The number of ether oxygens (including phenoxy) is 2. The van der Waals surface area contributed by atoms with Crippen LogP contribution in [0.2, 0.25) is 0 Å². The van der Waals surface area contributed by atoms with Crippen molar-refractivity contribution < 1.29 is 22.6 Å². The average molecular weight is 527 g/mol. The first-order chi connectivity index (χ1) is 18.2. The molecule has 0 N–H and O–H groups in total. The third kappa shape index (κ3) is 4.88. The number of benzene rings is 2. The van der Waals surface area contributed by atoms with Crippen LogP contribution in [0, 0.1) is 5.92 Å². The number of anilines is 1. The second-order valence-corrected chi connectivity index (χ2v) is 10.2. The van der Waals surface area contributed by atoms with Crippen molar-refractivity contribution in [1.29, 1.82) is 0 Å². The Hall–Kier alpha value is -3.42. The summed E-state index contributed by atoms with van der Waals surface area (Å²) in [5.74, 6) is 1.67. The van der Waals surface area contributed by atoms with Gasteiger partial charge < -0.3 is 18.9 Å². The van der Waals surface area contributed by atoms with Crippen LogP contribution in [0.3, 0.4) is 0 Å². The van der Waals surface area contributed by atoms with E-state index in [9.17, 15) is 18.0 Å². The van der Waals surface area contributed by atoms with Gasteiger partial charge >= 0.3 is 6.18 Å². The molecule has 1 atom stereocenters. The van der Waals surface area contributed by atoms with Gasteiger partial charge in [-0.1, -0.05) is 13.3 Å². The topological polar surface area (TPSA) is 43.7 Å². The average Bonchev–Trinajstić information content (AvgIpc) is 3.58. The highest BCUT2D eigenvalue weighted by molar-refractivity contribution is 5.79. The van der Waals surface area contributed by atoms with Crippen LogP contribution in [-0.2, 0) is 19.1 Å². The largest absolute Gasteiger partial charge is 0.497 e. The second-order valence-electron chi connectivity index (χ2n) is 10.2. The number of pyridine rings is 1. The second kappa shape index (κ2) is 10.4. The van der Waals surface area contributed by atoms with Gasteiger partial charge in [0.2, 0.25) is 0 Å². The zero-order valence-electron chi connectivity index (χ0n) is 22.0. The molecule has 0 radical (unpaired) electrons. The van der Waals surface area contributed by atoms with Crippen molar-refractivity contribution in [1.82, 2.24) is 4.57 Å². The van der Waals surface area contributed by atoms with Gasteiger partial charge in [-0.25, -0.2) is 0 Å². The van der Waals surface area contributed by atoms with Crippen molar-refractivity contribution in [2.24, 2.45) is 5.92 Å². The highest BCUT2D eigenvalue weighted by Crippen LogP contribution is 2.41. The molecule has 1 fully saturated rings. The standard InChI is InChI=1S/C30H33F3N2O3/c1-4-6-19-10-12-34(18-19)21-8-9-27(30(31,32)33)25(15-21)26-17-24(28-7-5-11-35(28)29(26)36)20-13-22(37-2)16-23(14-20)38-3/h8-9,13-17,19H,4-7,10-12,18H2,1-3H3. The van der Waals surface area contributed by atoms with Crippen LogP contribution in [0.1, 0.15) is 43.9 Å². The number of alkyl halides is 3. The fraction of sp³-hybridized carbons (Fsp3) is 0.433. The van der Waals surface area contributed by atoms with E-state index in [2.05, 4.69) is 11.8 Å². The summed E-state index contributed by atoms with van der Waals surface area (Å²) in [4.78, 5) is 15.8. The molecule has 8 heteroatoms. The van der Waals surface area contributed by atoms with Crippen LogP contribution in [0.15, 0.2) is 47.3 Å². The first-order valence-electron chi connectivity index (χ1n) is 13.2. The molecule has 0 amide bonds. The number of hydrogen-bond acceptors (Lipinski definition) is 4. The molecule has 3 heterocycles. The lowest BCUT2D eigenvalue weighted by atomic mass is 9.94. The van der Waals surface area contributed by atoms with Gasteiger partial charge in [0, 0.05) is 53.8 Å². The van der Waals surface area contributed by atoms with Crippen LogP contribution in [0.4, 0.5) is 18.9 Å². The molecule has 5 rings (SSSR count). The maximum absolute atomic E-state index is 14.3. The summed E-state index contributed by atoms with van der Waals surface area (Å²) in [7, 11) is 3.10. The van der Waals surface area contributed by atoms with Crippen molar-refractivity contribution in [2.45, 2.75) is 51.7 Å². The molecule has 0 saturated carbocycles. The number of hydrogen-bond donors (Lipinski definition) is 0. The van der Waals surface area contributed by atoms with Crippen molar-refractivity contribution in [3.8, 4) is 33.8 Å². The normalized spacial score (nSPS) is 17.1. The Morgan fingerprint density at radius 1 is 0.947 bits per heavy atom. The third-order valence-electron chi connectivity index (χ3n) is 7.81. The fourth-order valence-electron chi connectivity index (χ4n) is 5.93. The van der Waals surface area contributed by atoms with Gasteiger partial charge in [-0.15, -0.1) is 0 Å². The summed E-state index contributed by atoms with van der Waals surface area (Å²) in [5, 5.41) is 0. The van der Waals surface area contributed by atoms with Crippen molar-refractivity contribution in [3.63, 3.8) is 0 Å². The Morgan fingerprint density at radius 2 is 1.68 bits per heavy atom. The SMILES string of the molecule is CCCC1CCN(c2ccc(C(F)(F)F)c(-c3cc(-c4cc(OC)cc(OC)c4)c4n(c3=O)CCC4)c2)C1. The predicted molar refractivity (Wildman–Crippen MR) is 143 cm³/mol. The summed E-state index contributed by atoms with van der Waals surface area (Å²) < 4.78 is 55.3. The van der Waals surface area contributed by atoms with Crippen LogP contribution in [0.5, 0.6) is 11.5 Å². The summed E-state index contributed by atoms with van der Waals surface area (Å²) in [5.41, 5.74) is 1.81. The Morgan fingerprint density at radius 3 is 2.34 bits per heavy atom. The van der Waals surface area contributed by atoms with Gasteiger partial charge in [0.15, 0.2) is 0 Å². The molecule has 1 aromatic heterocycles. The maximum Gasteiger partial charge on any atom is 0.417 e. The van der Waals surface area contributed by atoms with Crippen molar-refractivity contribution in [3.05, 3.63) is 64.1 Å². The molecule has 0 bridgehead atoms. The zero-order valence-corrected chi connectivity index (χ0v) is 22.0. The number of aromatic nitrogens is 1. The summed E-state index contributed by atoms with van der Waals surface area (Å²) in [6, 6.07) is 11.3. The van der Waals surface area contributed by atoms with Gasteiger partial charge in [-0.2, -0.15) is 13.2 Å². The Kier molecular flexibility index (Phi) is 7.16. The highest BCUT2D eigenvalue weighted by atomic mass is 19.4. The van der Waals surface area contributed by atoms with Gasteiger partial charge in [-0.05, 0) is 73.6 Å². The third-order valence-corrected chi connectivity index (χ3v) is 7.81. The minimum Gasteiger partial charge on any atom is -0.497 e. The monoisotopic (exact) mass is 526 g/mol. The number of nitrogens with zero attached hydrogens (tertiary/aromatic N) is 2. The Bertz CT molecular complexity index is 1370. The molecule has 2 aliphatic heterocycles. The molecule has 202 valence electrons. The minimum atomic E-state index is -4.60. The summed E-state index contributed by atoms with van der Waals surface area (Å²) in [6.45, 7) is 4.24. The van der Waals surface area contributed by atoms with Gasteiger partial charge in [0.05, 0.1) is 19.8 Å². The summed E-state index contributed by atoms with van der Waals surface area (Å²) >= 11 is 0. The van der Waals surface area contributed by atoms with Crippen LogP contribution in [0.25, 0.3) is 22.3 Å². The molecule has 0 aliphatic carbocycles. The van der Waals surface area contributed by atoms with E-state index in [0.29, 0.717) is 30.4 Å². The zero-order chi connectivity index (χ0) is 27.0. The highest BCUT2D eigenvalue weighted by Gasteiger charge is 2.36. The van der Waals surface area contributed by atoms with E-state index in [1.165, 1.54) is 0 Å². The first-order valence-corrected chi connectivity index (χ1v) is 13.2. The molecular weight excluding hydrogens is 493 g/mol. The van der Waals surface area contributed by atoms with E-state index < -0.39 is 11.7 Å². The predicted octanol–water partition coefficient (Wildman–Crippen LogP) is 6.79. The van der Waals surface area contributed by atoms with Crippen molar-refractivity contribution >= 4 is 5.69 Å². The Labute approximate surface area is 220 Å². The number of fused-ring (bicyclic) bond motifs is 1. The number of halogens is 3. The Balaban J connectivity index is 1.70. The molecule has 2 aromatic carbocycles. The first kappa shape index (κ1) is 26.2. The molecular formula is C30H33F3N2O3. The van der Waals surface area contributed by atoms with E-state index in [-0.39, 0.29) is 16.7 Å². The molecule has 1 unspecified atom stereocenters. The number of rotatable bonds is 7. The summed E-state index contributed by atoms with van der Waals surface area (Å²) in [6.07, 6.45) is 0.0331. The van der Waals surface area contributed by atoms with E-state index in [1.807, 2.05) is 12.1 Å². The molecule has 3 aromatic rings. The van der Waals surface area contributed by atoms with Crippen molar-refractivity contribution in [2.75, 3.05) is 32.2 Å². The van der Waals surface area contributed by atoms with E-state index in [1.54, 1.807) is 43.1 Å². The van der Waals surface area contributed by atoms with E-state index >= 15 is 0 Å². The lowest BCUT2D eigenvalue weighted by molar-refractivity contribution is -0.137. The molecule has 2 aliphatic rings. The smallest absolute Gasteiger partial charge is 0.417 e. The molecule has 38 heavy (non-hydrogen) atoms. The van der Waals surface area contributed by atoms with Gasteiger partial charge in [-0.3, -0.25) is 4.79 Å². The lowest BCUT2D eigenvalue weighted by Crippen LogP contribution is -2.24. The van der Waals surface area contributed by atoms with Gasteiger partial charge in [0.25, 0.3) is 5.56 Å². The van der Waals surface area contributed by atoms with E-state index in [0.717, 1.165) is 67.3 Å². The molecule has 1 saturated heterocycles. The van der Waals surface area contributed by atoms with Crippen LogP contribution in [-0.4, -0.2) is 31.9 Å². The molecule has 0 spiro atoms. The minimum absolute atomic E-state index is 0.0610. The fourth-order valence-corrected chi connectivity index (χ4v) is 5.93. The lowest BCUT2D eigenvalue weighted by Gasteiger charge is -2.22. The van der Waals surface area contributed by atoms with Gasteiger partial charge in [0.1, 0.15) is 11.5 Å². The molecule has 5 nitrogen and oxygen atoms in total. The number of methoxy groups -OCH3 is 2. The van der Waals surface area contributed by atoms with Crippen LogP contribution < -0.4 is 19.9 Å². The van der Waals surface area contributed by atoms with Crippen LogP contribution >= 0.6 is 0 Å². The quantitative estimate of drug-likeness (QED) is 0.340.